The van der Waals surface area contributed by atoms with Crippen LogP contribution in [0.15, 0.2) is 18.3 Å². The zero-order chi connectivity index (χ0) is 19.6. The van der Waals surface area contributed by atoms with Crippen molar-refractivity contribution in [1.29, 1.82) is 0 Å². The van der Waals surface area contributed by atoms with Crippen molar-refractivity contribution in [1.82, 2.24) is 20.1 Å². The van der Waals surface area contributed by atoms with E-state index in [-0.39, 0.29) is 5.69 Å². The minimum Gasteiger partial charge on any atom is -0.454 e. The molecule has 5 amide bonds. The Balaban J connectivity index is 1.47. The first kappa shape index (κ1) is 18.6. The van der Waals surface area contributed by atoms with E-state index >= 15 is 0 Å². The Morgan fingerprint density at radius 1 is 1.26 bits per heavy atom. The summed E-state index contributed by atoms with van der Waals surface area (Å²) in [7, 11) is 1.65. The number of esters is 1. The number of nitrogens with one attached hydrogen (secondary N) is 2. The van der Waals surface area contributed by atoms with Gasteiger partial charge in [-0.15, -0.1) is 0 Å². The number of carbonyl (C=O) groups excluding carboxylic acids is 5. The van der Waals surface area contributed by atoms with Gasteiger partial charge in [0.25, 0.3) is 17.7 Å². The second-order valence-corrected chi connectivity index (χ2v) is 6.65. The summed E-state index contributed by atoms with van der Waals surface area (Å²) in [6.07, 6.45) is 4.41. The van der Waals surface area contributed by atoms with Gasteiger partial charge in [0.05, 0.1) is 0 Å². The SMILES string of the molecule is Cn1cccc1C(=O)NC(=O)COC(=O)CN1C(=O)NC2(CCCC2)C1=O. The maximum Gasteiger partial charge on any atom is 0.326 e. The maximum absolute atomic E-state index is 12.4. The molecule has 2 heterocycles. The van der Waals surface area contributed by atoms with Gasteiger partial charge >= 0.3 is 12.0 Å². The van der Waals surface area contributed by atoms with E-state index in [1.807, 2.05) is 0 Å². The van der Waals surface area contributed by atoms with Crippen LogP contribution < -0.4 is 10.6 Å². The lowest BCUT2D eigenvalue weighted by Crippen LogP contribution is -2.44. The quantitative estimate of drug-likeness (QED) is 0.536. The van der Waals surface area contributed by atoms with Crippen molar-refractivity contribution < 1.29 is 28.7 Å². The monoisotopic (exact) mass is 376 g/mol. The van der Waals surface area contributed by atoms with Gasteiger partial charge in [-0.3, -0.25) is 29.4 Å². The molecular formula is C17H20N4O6. The minimum absolute atomic E-state index is 0.274. The van der Waals surface area contributed by atoms with Crippen molar-refractivity contribution in [3.63, 3.8) is 0 Å². The summed E-state index contributed by atoms with van der Waals surface area (Å²) in [4.78, 5) is 60.8. The molecule has 1 aromatic heterocycles. The number of hydrogen-bond acceptors (Lipinski definition) is 6. The van der Waals surface area contributed by atoms with Crippen LogP contribution in [0.3, 0.4) is 0 Å². The van der Waals surface area contributed by atoms with Crippen molar-refractivity contribution in [2.75, 3.05) is 13.2 Å². The molecule has 27 heavy (non-hydrogen) atoms. The summed E-state index contributed by atoms with van der Waals surface area (Å²) in [5.41, 5.74) is -0.633. The maximum atomic E-state index is 12.4. The fraction of sp³-hybridized carbons (Fsp3) is 0.471. The molecule has 1 saturated heterocycles. The molecule has 1 aromatic rings. The first-order valence-electron chi connectivity index (χ1n) is 8.58. The molecule has 10 heteroatoms. The molecule has 1 aliphatic carbocycles. The molecule has 3 rings (SSSR count). The summed E-state index contributed by atoms with van der Waals surface area (Å²) < 4.78 is 6.31. The van der Waals surface area contributed by atoms with Crippen LogP contribution in [-0.4, -0.2) is 57.9 Å². The third-order valence-corrected chi connectivity index (χ3v) is 4.78. The predicted molar refractivity (Wildman–Crippen MR) is 90.3 cm³/mol. The number of amides is 5. The topological polar surface area (TPSA) is 127 Å². The average Bonchev–Trinajstić information content (AvgIpc) is 3.31. The summed E-state index contributed by atoms with van der Waals surface area (Å²) in [5, 5.41) is 4.74. The van der Waals surface area contributed by atoms with Crippen LogP contribution in [0, 0.1) is 0 Å². The van der Waals surface area contributed by atoms with Gasteiger partial charge in [0.2, 0.25) is 0 Å². The van der Waals surface area contributed by atoms with Crippen LogP contribution in [0.25, 0.3) is 0 Å². The van der Waals surface area contributed by atoms with Gasteiger partial charge < -0.3 is 14.6 Å². The molecular weight excluding hydrogens is 356 g/mol. The van der Waals surface area contributed by atoms with Crippen LogP contribution in [0.5, 0.6) is 0 Å². The predicted octanol–water partition coefficient (Wildman–Crippen LogP) is -0.311. The van der Waals surface area contributed by atoms with Gasteiger partial charge in [0, 0.05) is 13.2 Å². The number of hydrogen-bond donors (Lipinski definition) is 2. The highest BCUT2D eigenvalue weighted by Gasteiger charge is 2.52. The smallest absolute Gasteiger partial charge is 0.326 e. The number of imide groups is 2. The molecule has 1 spiro atoms. The van der Waals surface area contributed by atoms with Crippen molar-refractivity contribution in [2.45, 2.75) is 31.2 Å². The van der Waals surface area contributed by atoms with Crippen molar-refractivity contribution in [3.8, 4) is 0 Å². The number of nitrogens with zero attached hydrogens (tertiary/aromatic N) is 2. The first-order valence-corrected chi connectivity index (χ1v) is 8.58. The normalized spacial score (nSPS) is 17.9. The minimum atomic E-state index is -0.907. The van der Waals surface area contributed by atoms with E-state index in [4.69, 9.17) is 4.74 Å². The van der Waals surface area contributed by atoms with Crippen LogP contribution in [0.2, 0.25) is 0 Å². The van der Waals surface area contributed by atoms with E-state index in [9.17, 15) is 24.0 Å². The van der Waals surface area contributed by atoms with Crippen LogP contribution >= 0.6 is 0 Å². The summed E-state index contributed by atoms with van der Waals surface area (Å²) in [6, 6.07) is 2.54. The number of urea groups is 1. The van der Waals surface area contributed by atoms with E-state index in [1.165, 1.54) is 10.6 Å². The molecule has 0 radical (unpaired) electrons. The zero-order valence-corrected chi connectivity index (χ0v) is 14.8. The van der Waals surface area contributed by atoms with Gasteiger partial charge in [-0.1, -0.05) is 12.8 Å². The van der Waals surface area contributed by atoms with E-state index in [0.29, 0.717) is 12.8 Å². The Bertz CT molecular complexity index is 808. The van der Waals surface area contributed by atoms with Crippen LogP contribution in [-0.2, 0) is 26.2 Å². The fourth-order valence-corrected chi connectivity index (χ4v) is 3.38. The second-order valence-electron chi connectivity index (χ2n) is 6.65. The highest BCUT2D eigenvalue weighted by Crippen LogP contribution is 2.34. The first-order chi connectivity index (χ1) is 12.8. The molecule has 2 N–H and O–H groups in total. The molecule has 0 bridgehead atoms. The van der Waals surface area contributed by atoms with Gasteiger partial charge in [0.1, 0.15) is 17.8 Å². The standard InChI is InChI=1S/C17H20N4O6/c1-20-8-4-5-11(20)14(24)18-12(22)10-27-13(23)9-21-15(25)17(19-16(21)26)6-2-3-7-17/h4-5,8H,2-3,6-7,9-10H2,1H3,(H,19,26)(H,18,22,24). The average molecular weight is 376 g/mol. The lowest BCUT2D eigenvalue weighted by atomic mass is 9.98. The summed E-state index contributed by atoms with van der Waals surface area (Å²) in [6.45, 7) is -1.27. The number of ether oxygens (including phenoxy) is 1. The van der Waals surface area contributed by atoms with Gasteiger partial charge in [-0.25, -0.2) is 4.79 Å². The lowest BCUT2D eigenvalue weighted by Gasteiger charge is -2.19. The van der Waals surface area contributed by atoms with Crippen molar-refractivity contribution in [3.05, 3.63) is 24.0 Å². The molecule has 2 fully saturated rings. The molecule has 10 nitrogen and oxygen atoms in total. The second kappa shape index (κ2) is 7.22. The fourth-order valence-electron chi connectivity index (χ4n) is 3.38. The van der Waals surface area contributed by atoms with Crippen molar-refractivity contribution >= 4 is 29.7 Å². The Morgan fingerprint density at radius 3 is 2.59 bits per heavy atom. The van der Waals surface area contributed by atoms with Gasteiger partial charge in [0.15, 0.2) is 6.61 Å². The molecule has 1 saturated carbocycles. The zero-order valence-electron chi connectivity index (χ0n) is 14.8. The van der Waals surface area contributed by atoms with E-state index in [0.717, 1.165) is 17.7 Å². The Labute approximate surface area is 154 Å². The number of rotatable bonds is 5. The summed E-state index contributed by atoms with van der Waals surface area (Å²) >= 11 is 0. The number of carbonyl (C=O) groups is 5. The van der Waals surface area contributed by atoms with E-state index in [1.54, 1.807) is 19.3 Å². The van der Waals surface area contributed by atoms with E-state index in [2.05, 4.69) is 10.6 Å². The Morgan fingerprint density at radius 2 is 1.96 bits per heavy atom. The molecule has 0 atom stereocenters. The molecule has 1 aliphatic heterocycles. The largest absolute Gasteiger partial charge is 0.454 e. The number of aryl methyl sites for hydroxylation is 1. The highest BCUT2D eigenvalue weighted by atomic mass is 16.5. The van der Waals surface area contributed by atoms with Crippen molar-refractivity contribution in [2.24, 2.45) is 7.05 Å². The Kier molecular flexibility index (Phi) is 4.98. The highest BCUT2D eigenvalue weighted by molar-refractivity contribution is 6.09. The molecule has 2 aliphatic rings. The van der Waals surface area contributed by atoms with Gasteiger partial charge in [-0.2, -0.15) is 0 Å². The van der Waals surface area contributed by atoms with E-state index < -0.39 is 48.4 Å². The van der Waals surface area contributed by atoms with Gasteiger partial charge in [-0.05, 0) is 25.0 Å². The molecule has 0 aromatic carbocycles. The molecule has 144 valence electrons. The van der Waals surface area contributed by atoms with Crippen LogP contribution in [0.1, 0.15) is 36.2 Å². The summed E-state index contributed by atoms with van der Waals surface area (Å²) in [5.74, 6) is -2.78. The number of aromatic nitrogens is 1. The van der Waals surface area contributed by atoms with Crippen LogP contribution in [0.4, 0.5) is 4.79 Å². The third-order valence-electron chi connectivity index (χ3n) is 4.78. The lowest BCUT2D eigenvalue weighted by molar-refractivity contribution is -0.150. The molecule has 0 unspecified atom stereocenters. The third kappa shape index (κ3) is 3.69. The Hall–Kier alpha value is -3.17.